The first-order valence-corrected chi connectivity index (χ1v) is 9.72. The van der Waals surface area contributed by atoms with Crippen LogP contribution in [0.3, 0.4) is 0 Å². The lowest BCUT2D eigenvalue weighted by Gasteiger charge is -2.44. The SMILES string of the molecule is O=C(O)C[C@H]1CCC(c2ccc(Cl)cc2)N(C(C2CC2)C2CC2)C1=O. The number of carbonyl (C=O) groups is 2. The van der Waals surface area contributed by atoms with Crippen molar-refractivity contribution in [3.63, 3.8) is 0 Å². The van der Waals surface area contributed by atoms with Crippen molar-refractivity contribution < 1.29 is 14.7 Å². The van der Waals surface area contributed by atoms with Gasteiger partial charge in [-0.05, 0) is 68.1 Å². The largest absolute Gasteiger partial charge is 0.481 e. The van der Waals surface area contributed by atoms with E-state index in [0.29, 0.717) is 29.3 Å². The number of nitrogens with zero attached hydrogens (tertiary/aromatic N) is 1. The second-order valence-electron chi connectivity index (χ2n) is 7.85. The van der Waals surface area contributed by atoms with Gasteiger partial charge in [0, 0.05) is 17.0 Å². The van der Waals surface area contributed by atoms with Gasteiger partial charge in [0.2, 0.25) is 5.91 Å². The highest BCUT2D eigenvalue weighted by atomic mass is 35.5. The standard InChI is InChI=1S/C20H24ClNO3/c21-16-8-5-12(6-9-16)17-10-7-15(11-18(23)24)20(25)22(17)19(13-1-2-13)14-3-4-14/h5-6,8-9,13-15,17,19H,1-4,7,10-11H2,(H,23,24)/t15-,17?/m1/s1. The quantitative estimate of drug-likeness (QED) is 0.822. The first-order chi connectivity index (χ1) is 12.0. The minimum atomic E-state index is -0.877. The van der Waals surface area contributed by atoms with E-state index in [1.165, 1.54) is 25.7 Å². The van der Waals surface area contributed by atoms with E-state index in [2.05, 4.69) is 4.90 Å². The lowest BCUT2D eigenvalue weighted by molar-refractivity contribution is -0.152. The third kappa shape index (κ3) is 3.55. The molecule has 1 aliphatic heterocycles. The maximum atomic E-state index is 13.3. The fourth-order valence-electron chi connectivity index (χ4n) is 4.47. The van der Waals surface area contributed by atoms with Crippen LogP contribution >= 0.6 is 11.6 Å². The number of likely N-dealkylation sites (tertiary alicyclic amines) is 1. The zero-order valence-corrected chi connectivity index (χ0v) is 15.0. The van der Waals surface area contributed by atoms with Gasteiger partial charge in [-0.25, -0.2) is 0 Å². The third-order valence-corrected chi connectivity index (χ3v) is 6.19. The predicted molar refractivity (Wildman–Crippen MR) is 95.3 cm³/mol. The Labute approximate surface area is 153 Å². The van der Waals surface area contributed by atoms with Gasteiger partial charge in [0.1, 0.15) is 0 Å². The highest BCUT2D eigenvalue weighted by molar-refractivity contribution is 6.30. The molecule has 1 aromatic carbocycles. The first-order valence-electron chi connectivity index (χ1n) is 9.34. The number of benzene rings is 1. The number of hydrogen-bond acceptors (Lipinski definition) is 2. The molecule has 3 fully saturated rings. The van der Waals surface area contributed by atoms with Crippen LogP contribution in [0.1, 0.15) is 56.6 Å². The molecule has 0 bridgehead atoms. The minimum absolute atomic E-state index is 0.0509. The lowest BCUT2D eigenvalue weighted by Crippen LogP contribution is -2.51. The number of amides is 1. The van der Waals surface area contributed by atoms with Crippen LogP contribution in [-0.2, 0) is 9.59 Å². The van der Waals surface area contributed by atoms with Crippen LogP contribution in [0.15, 0.2) is 24.3 Å². The fraction of sp³-hybridized carbons (Fsp3) is 0.600. The van der Waals surface area contributed by atoms with Crippen LogP contribution in [0, 0.1) is 17.8 Å². The van der Waals surface area contributed by atoms with Crippen molar-refractivity contribution >= 4 is 23.5 Å². The Morgan fingerprint density at radius 3 is 2.20 bits per heavy atom. The monoisotopic (exact) mass is 361 g/mol. The summed E-state index contributed by atoms with van der Waals surface area (Å²) in [6.45, 7) is 0. The molecule has 1 aromatic rings. The minimum Gasteiger partial charge on any atom is -0.481 e. The summed E-state index contributed by atoms with van der Waals surface area (Å²) in [4.78, 5) is 26.5. The molecule has 3 aliphatic rings. The van der Waals surface area contributed by atoms with Gasteiger partial charge in [0.05, 0.1) is 12.5 Å². The van der Waals surface area contributed by atoms with E-state index >= 15 is 0 Å². The predicted octanol–water partition coefficient (Wildman–Crippen LogP) is 4.28. The zero-order chi connectivity index (χ0) is 17.6. The molecule has 1 unspecified atom stereocenters. The fourth-order valence-corrected chi connectivity index (χ4v) is 4.59. The summed E-state index contributed by atoms with van der Waals surface area (Å²) >= 11 is 6.03. The van der Waals surface area contributed by atoms with E-state index in [9.17, 15) is 14.7 Å². The van der Waals surface area contributed by atoms with Gasteiger partial charge in [-0.1, -0.05) is 23.7 Å². The number of rotatable bonds is 6. The molecule has 2 atom stereocenters. The summed E-state index contributed by atoms with van der Waals surface area (Å²) in [5.74, 6) is 0.0146. The Kier molecular flexibility index (Phi) is 4.48. The summed E-state index contributed by atoms with van der Waals surface area (Å²) in [6, 6.07) is 8.15. The number of carbonyl (C=O) groups excluding carboxylic acids is 1. The van der Waals surface area contributed by atoms with E-state index in [1.807, 2.05) is 24.3 Å². The Morgan fingerprint density at radius 1 is 1.08 bits per heavy atom. The highest BCUT2D eigenvalue weighted by Crippen LogP contribution is 2.51. The summed E-state index contributed by atoms with van der Waals surface area (Å²) in [7, 11) is 0. The molecule has 4 rings (SSSR count). The van der Waals surface area contributed by atoms with E-state index in [-0.39, 0.29) is 24.3 Å². The molecule has 0 aromatic heterocycles. The molecule has 25 heavy (non-hydrogen) atoms. The topological polar surface area (TPSA) is 57.6 Å². The van der Waals surface area contributed by atoms with Gasteiger partial charge in [-0.2, -0.15) is 0 Å². The van der Waals surface area contributed by atoms with Crippen molar-refractivity contribution in [2.75, 3.05) is 0 Å². The molecule has 5 heteroatoms. The Balaban J connectivity index is 1.65. The number of piperidine rings is 1. The normalized spacial score (nSPS) is 27.0. The van der Waals surface area contributed by atoms with E-state index in [1.54, 1.807) is 0 Å². The Bertz CT molecular complexity index is 654. The van der Waals surface area contributed by atoms with Crippen molar-refractivity contribution in [3.05, 3.63) is 34.9 Å². The molecule has 0 spiro atoms. The van der Waals surface area contributed by atoms with Crippen LogP contribution in [-0.4, -0.2) is 27.9 Å². The molecule has 1 N–H and O–H groups in total. The average Bonchev–Trinajstić information content (AvgIpc) is 3.45. The smallest absolute Gasteiger partial charge is 0.304 e. The number of hydrogen-bond donors (Lipinski definition) is 1. The van der Waals surface area contributed by atoms with Crippen LogP contribution < -0.4 is 0 Å². The third-order valence-electron chi connectivity index (χ3n) is 5.94. The molecule has 2 aliphatic carbocycles. The Hall–Kier alpha value is -1.55. The highest BCUT2D eigenvalue weighted by Gasteiger charge is 2.50. The maximum absolute atomic E-state index is 13.3. The van der Waals surface area contributed by atoms with Crippen LogP contribution in [0.2, 0.25) is 5.02 Å². The maximum Gasteiger partial charge on any atom is 0.304 e. The van der Waals surface area contributed by atoms with Crippen molar-refractivity contribution in [2.45, 2.75) is 57.0 Å². The second kappa shape index (κ2) is 6.64. The summed E-state index contributed by atoms with van der Waals surface area (Å²) in [6.07, 6.45) is 6.22. The van der Waals surface area contributed by atoms with Gasteiger partial charge >= 0.3 is 5.97 Å². The van der Waals surface area contributed by atoms with E-state index in [0.717, 1.165) is 12.0 Å². The van der Waals surface area contributed by atoms with E-state index in [4.69, 9.17) is 11.6 Å². The lowest BCUT2D eigenvalue weighted by atomic mass is 9.84. The average molecular weight is 362 g/mol. The number of carboxylic acids is 1. The molecular weight excluding hydrogens is 338 g/mol. The van der Waals surface area contributed by atoms with Gasteiger partial charge in [-0.15, -0.1) is 0 Å². The van der Waals surface area contributed by atoms with Gasteiger partial charge < -0.3 is 10.0 Å². The number of aliphatic carboxylic acids is 1. The molecule has 1 saturated heterocycles. The number of halogens is 1. The van der Waals surface area contributed by atoms with Crippen molar-refractivity contribution in [1.29, 1.82) is 0 Å². The molecule has 1 amide bonds. The zero-order valence-electron chi connectivity index (χ0n) is 14.2. The molecule has 134 valence electrons. The first kappa shape index (κ1) is 16.9. The number of carboxylic acid groups (broad SMARTS) is 1. The van der Waals surface area contributed by atoms with E-state index < -0.39 is 5.97 Å². The van der Waals surface area contributed by atoms with Crippen molar-refractivity contribution in [1.82, 2.24) is 4.90 Å². The van der Waals surface area contributed by atoms with Gasteiger partial charge in [0.15, 0.2) is 0 Å². The molecule has 1 heterocycles. The van der Waals surface area contributed by atoms with Crippen molar-refractivity contribution in [2.24, 2.45) is 17.8 Å². The van der Waals surface area contributed by atoms with Crippen molar-refractivity contribution in [3.8, 4) is 0 Å². The molecule has 4 nitrogen and oxygen atoms in total. The van der Waals surface area contributed by atoms with Crippen LogP contribution in [0.4, 0.5) is 0 Å². The second-order valence-corrected chi connectivity index (χ2v) is 8.29. The van der Waals surface area contributed by atoms with Gasteiger partial charge in [0.25, 0.3) is 0 Å². The summed E-state index contributed by atoms with van der Waals surface area (Å²) < 4.78 is 0. The summed E-state index contributed by atoms with van der Waals surface area (Å²) in [5.41, 5.74) is 1.12. The molecular formula is C20H24ClNO3. The Morgan fingerprint density at radius 2 is 1.68 bits per heavy atom. The van der Waals surface area contributed by atoms with Crippen LogP contribution in [0.25, 0.3) is 0 Å². The summed E-state index contributed by atoms with van der Waals surface area (Å²) in [5, 5.41) is 9.88. The van der Waals surface area contributed by atoms with Gasteiger partial charge in [-0.3, -0.25) is 9.59 Å². The molecule has 0 radical (unpaired) electrons. The van der Waals surface area contributed by atoms with Crippen LogP contribution in [0.5, 0.6) is 0 Å². The molecule has 2 saturated carbocycles.